The van der Waals surface area contributed by atoms with Crippen LogP contribution in [0.25, 0.3) is 0 Å². The maximum absolute atomic E-state index is 12.5. The second kappa shape index (κ2) is 13.8. The summed E-state index contributed by atoms with van der Waals surface area (Å²) in [5.74, 6) is 1.22. The van der Waals surface area contributed by atoms with Crippen molar-refractivity contribution >= 4 is 69.7 Å². The van der Waals surface area contributed by atoms with Crippen LogP contribution in [0.4, 0.5) is 0 Å². The number of carbonyl (C=O) groups is 1. The largest absolute Gasteiger partial charge is 0.505 e. The molecule has 38 heavy (non-hydrogen) atoms. The maximum Gasteiger partial charge on any atom is 0.338 e. The Morgan fingerprint density at radius 3 is 1.32 bits per heavy atom. The lowest BCUT2D eigenvalue weighted by molar-refractivity contribution is -0.130. The molecule has 0 heterocycles. The van der Waals surface area contributed by atoms with E-state index in [0.29, 0.717) is 78.4 Å². The van der Waals surface area contributed by atoms with Crippen molar-refractivity contribution < 1.29 is 33.6 Å². The van der Waals surface area contributed by atoms with Crippen molar-refractivity contribution in [2.75, 3.05) is 26.4 Å². The number of hydrogen-bond donors (Lipinski definition) is 1. The lowest BCUT2D eigenvalue weighted by atomic mass is 9.75. The number of carbonyl (C=O) groups excluding carboxylic acids is 1. The Bertz CT molecular complexity index is 1160. The molecule has 0 fully saturated rings. The van der Waals surface area contributed by atoms with Crippen molar-refractivity contribution in [2.24, 2.45) is 0 Å². The summed E-state index contributed by atoms with van der Waals surface area (Å²) < 4.78 is 31.7. The van der Waals surface area contributed by atoms with E-state index in [4.69, 9.17) is 23.7 Å². The van der Waals surface area contributed by atoms with Crippen molar-refractivity contribution in [3.05, 3.63) is 41.2 Å². The third-order valence-corrected chi connectivity index (χ3v) is 8.38. The van der Waals surface area contributed by atoms with Gasteiger partial charge in [-0.15, -0.1) is 0 Å². The van der Waals surface area contributed by atoms with Crippen LogP contribution in [0.2, 0.25) is 0 Å². The number of rotatable bonds is 12. The van der Waals surface area contributed by atoms with E-state index in [1.54, 1.807) is 6.92 Å². The predicted molar refractivity (Wildman–Crippen MR) is 163 cm³/mol. The van der Waals surface area contributed by atoms with Gasteiger partial charge in [0.25, 0.3) is 0 Å². The molecule has 0 unspecified atom stereocenters. The van der Waals surface area contributed by atoms with Crippen LogP contribution in [0, 0.1) is 0 Å². The highest BCUT2D eigenvalue weighted by atomic mass is 79.9. The van der Waals surface area contributed by atoms with Gasteiger partial charge in [-0.05, 0) is 98.3 Å². The van der Waals surface area contributed by atoms with Gasteiger partial charge in [-0.2, -0.15) is 0 Å². The van der Waals surface area contributed by atoms with Crippen molar-refractivity contribution in [2.45, 2.75) is 53.9 Å². The molecule has 0 aliphatic heterocycles. The third kappa shape index (κ3) is 6.31. The van der Waals surface area contributed by atoms with Crippen LogP contribution in [0.1, 0.15) is 59.6 Å². The SMILES string of the molecule is C=C(C)C(=O)Oc1c(Br)c(OCC)c(C(C)(C)c2c(OCC)c(Br)c(O)c(Br)c2OCC)c(OCC)c1Br. The highest BCUT2D eigenvalue weighted by Gasteiger charge is 2.42. The topological polar surface area (TPSA) is 83.5 Å². The zero-order valence-corrected chi connectivity index (χ0v) is 28.8. The standard InChI is InChI=1S/C27H32Br4O7/c1-9-34-21-14(22(35-10-2)17(29)20(32)16(21)28)27(7,8)15-23(36-11-3)18(30)25(38-26(33)13(5)6)19(31)24(15)37-12-4/h32H,5,9-12H2,1-4,6-8H3. The summed E-state index contributed by atoms with van der Waals surface area (Å²) in [7, 11) is 0. The minimum Gasteiger partial charge on any atom is -0.505 e. The number of phenols is 1. The van der Waals surface area contributed by atoms with Crippen molar-refractivity contribution in [3.63, 3.8) is 0 Å². The first-order valence-corrected chi connectivity index (χ1v) is 15.2. The lowest BCUT2D eigenvalue weighted by Crippen LogP contribution is -2.25. The minimum absolute atomic E-state index is 0.0454. The number of benzene rings is 2. The van der Waals surface area contributed by atoms with E-state index in [9.17, 15) is 9.90 Å². The molecule has 2 aromatic carbocycles. The lowest BCUT2D eigenvalue weighted by Gasteiger charge is -2.35. The highest BCUT2D eigenvalue weighted by Crippen LogP contribution is 2.60. The Kier molecular flexibility index (Phi) is 11.9. The monoisotopic (exact) mass is 784 g/mol. The van der Waals surface area contributed by atoms with Crippen molar-refractivity contribution in [1.82, 2.24) is 0 Å². The third-order valence-electron chi connectivity index (χ3n) is 5.47. The molecule has 2 rings (SSSR count). The Balaban J connectivity index is 3.13. The summed E-state index contributed by atoms with van der Waals surface area (Å²) in [5.41, 5.74) is 0.613. The molecule has 0 saturated heterocycles. The van der Waals surface area contributed by atoms with Gasteiger partial charge in [0.2, 0.25) is 0 Å². The average molecular weight is 788 g/mol. The molecular weight excluding hydrogens is 756 g/mol. The predicted octanol–water partition coefficient (Wildman–Crippen LogP) is 8.84. The Morgan fingerprint density at radius 1 is 0.711 bits per heavy atom. The molecule has 0 bridgehead atoms. The van der Waals surface area contributed by atoms with Crippen LogP contribution in [0.5, 0.6) is 34.5 Å². The summed E-state index contributed by atoms with van der Waals surface area (Å²) in [6, 6.07) is 0. The van der Waals surface area contributed by atoms with Crippen LogP contribution >= 0.6 is 63.7 Å². The molecule has 2 aromatic rings. The van der Waals surface area contributed by atoms with E-state index in [0.717, 1.165) is 0 Å². The van der Waals surface area contributed by atoms with Crippen LogP contribution in [-0.2, 0) is 10.2 Å². The van der Waals surface area contributed by atoms with Gasteiger partial charge in [0.15, 0.2) is 11.5 Å². The van der Waals surface area contributed by atoms with Gasteiger partial charge in [-0.25, -0.2) is 4.79 Å². The molecule has 0 saturated carbocycles. The van der Waals surface area contributed by atoms with Gasteiger partial charge < -0.3 is 28.8 Å². The Labute approximate surface area is 257 Å². The summed E-state index contributed by atoms with van der Waals surface area (Å²) in [6.45, 7) is 18.0. The van der Waals surface area contributed by atoms with Gasteiger partial charge in [0.05, 0.1) is 26.4 Å². The van der Waals surface area contributed by atoms with Gasteiger partial charge >= 0.3 is 5.97 Å². The average Bonchev–Trinajstić information content (AvgIpc) is 2.86. The molecule has 0 aliphatic rings. The molecule has 0 atom stereocenters. The summed E-state index contributed by atoms with van der Waals surface area (Å²) >= 11 is 14.2. The second-order valence-electron chi connectivity index (χ2n) is 8.53. The van der Waals surface area contributed by atoms with Crippen LogP contribution < -0.4 is 23.7 Å². The summed E-state index contributed by atoms with van der Waals surface area (Å²) in [5, 5.41) is 10.8. The molecule has 0 spiro atoms. The maximum atomic E-state index is 12.5. The highest BCUT2D eigenvalue weighted by molar-refractivity contribution is 9.11. The number of hydrogen-bond acceptors (Lipinski definition) is 7. The van der Waals surface area contributed by atoms with Crippen LogP contribution in [0.3, 0.4) is 0 Å². The molecule has 0 radical (unpaired) electrons. The minimum atomic E-state index is -0.912. The fraction of sp³-hybridized carbons (Fsp3) is 0.444. The first-order valence-electron chi connectivity index (χ1n) is 12.0. The van der Waals surface area contributed by atoms with Gasteiger partial charge in [-0.3, -0.25) is 0 Å². The molecule has 0 aliphatic carbocycles. The van der Waals surface area contributed by atoms with Crippen LogP contribution in [0.15, 0.2) is 30.0 Å². The van der Waals surface area contributed by atoms with E-state index in [2.05, 4.69) is 70.3 Å². The fourth-order valence-corrected chi connectivity index (χ4v) is 6.65. The summed E-state index contributed by atoms with van der Waals surface area (Å²) in [6.07, 6.45) is 0. The number of phenolic OH excluding ortho intramolecular Hbond substituents is 1. The van der Waals surface area contributed by atoms with E-state index < -0.39 is 11.4 Å². The smallest absolute Gasteiger partial charge is 0.338 e. The summed E-state index contributed by atoms with van der Waals surface area (Å²) in [4.78, 5) is 12.5. The first kappa shape index (κ1) is 32.8. The van der Waals surface area contributed by atoms with E-state index in [-0.39, 0.29) is 17.1 Å². The Morgan fingerprint density at radius 2 is 1.03 bits per heavy atom. The quantitative estimate of drug-likeness (QED) is 0.131. The second-order valence-corrected chi connectivity index (χ2v) is 11.7. The zero-order chi connectivity index (χ0) is 28.9. The first-order chi connectivity index (χ1) is 17.8. The van der Waals surface area contributed by atoms with Crippen molar-refractivity contribution in [3.8, 4) is 34.5 Å². The van der Waals surface area contributed by atoms with E-state index in [1.807, 2.05) is 41.5 Å². The molecule has 7 nitrogen and oxygen atoms in total. The Hall–Kier alpha value is -1.43. The van der Waals surface area contributed by atoms with E-state index >= 15 is 0 Å². The number of halogens is 4. The molecule has 210 valence electrons. The van der Waals surface area contributed by atoms with Gasteiger partial charge in [0, 0.05) is 22.1 Å². The van der Waals surface area contributed by atoms with Crippen LogP contribution in [-0.4, -0.2) is 37.5 Å². The zero-order valence-electron chi connectivity index (χ0n) is 22.4. The molecular formula is C27H32Br4O7. The van der Waals surface area contributed by atoms with E-state index in [1.165, 1.54) is 0 Å². The number of ether oxygens (including phenoxy) is 5. The fourth-order valence-electron chi connectivity index (χ4n) is 3.91. The normalized spacial score (nSPS) is 11.2. The number of esters is 1. The van der Waals surface area contributed by atoms with Crippen molar-refractivity contribution in [1.29, 1.82) is 0 Å². The molecule has 0 aromatic heterocycles. The molecule has 0 amide bonds. The number of aromatic hydroxyl groups is 1. The molecule has 11 heteroatoms. The molecule has 1 N–H and O–H groups in total. The van der Waals surface area contributed by atoms with Gasteiger partial charge in [0.1, 0.15) is 40.9 Å². The van der Waals surface area contributed by atoms with Gasteiger partial charge in [-0.1, -0.05) is 20.4 Å².